The van der Waals surface area contributed by atoms with Crippen LogP contribution in [-0.4, -0.2) is 49.2 Å². The van der Waals surface area contributed by atoms with Crippen molar-refractivity contribution in [2.24, 2.45) is 0 Å². The van der Waals surface area contributed by atoms with Crippen molar-refractivity contribution >= 4 is 10.0 Å². The average Bonchev–Trinajstić information content (AvgIpc) is 2.81. The van der Waals surface area contributed by atoms with Crippen molar-refractivity contribution in [3.63, 3.8) is 0 Å². The number of aliphatic hydroxyl groups excluding tert-OH is 1. The van der Waals surface area contributed by atoms with E-state index in [0.29, 0.717) is 12.2 Å². The SMILES string of the molecule is CC(C)n1cc(S(=O)(=O)NCC(C)(C)N(C)C)cc1CO. The summed E-state index contributed by atoms with van der Waals surface area (Å²) in [5, 5.41) is 9.34. The summed E-state index contributed by atoms with van der Waals surface area (Å²) in [5.74, 6) is 0. The van der Waals surface area contributed by atoms with Crippen LogP contribution in [0.1, 0.15) is 39.4 Å². The molecule has 1 aromatic heterocycles. The van der Waals surface area contributed by atoms with Crippen LogP contribution in [0.4, 0.5) is 0 Å². The molecule has 0 aliphatic carbocycles. The highest BCUT2D eigenvalue weighted by Crippen LogP contribution is 2.19. The van der Waals surface area contributed by atoms with Gasteiger partial charge < -0.3 is 14.6 Å². The fourth-order valence-corrected chi connectivity index (χ4v) is 3.02. The molecule has 0 saturated heterocycles. The highest BCUT2D eigenvalue weighted by molar-refractivity contribution is 7.89. The molecule has 122 valence electrons. The Morgan fingerprint density at radius 2 is 1.95 bits per heavy atom. The Kier molecular flexibility index (Phi) is 5.60. The third-order valence-corrected chi connectivity index (χ3v) is 5.21. The summed E-state index contributed by atoms with van der Waals surface area (Å²) in [7, 11) is 0.239. The maximum Gasteiger partial charge on any atom is 0.242 e. The second-order valence-corrected chi connectivity index (χ2v) is 8.12. The minimum absolute atomic E-state index is 0.0920. The van der Waals surface area contributed by atoms with Crippen LogP contribution < -0.4 is 4.72 Å². The first-order chi connectivity index (χ1) is 9.51. The largest absolute Gasteiger partial charge is 0.390 e. The number of aliphatic hydroxyl groups is 1. The van der Waals surface area contributed by atoms with Crippen molar-refractivity contribution in [1.82, 2.24) is 14.2 Å². The number of hydrogen-bond donors (Lipinski definition) is 2. The van der Waals surface area contributed by atoms with E-state index in [1.165, 1.54) is 6.07 Å². The van der Waals surface area contributed by atoms with Crippen LogP contribution in [0.3, 0.4) is 0 Å². The summed E-state index contributed by atoms with van der Waals surface area (Å²) >= 11 is 0. The van der Waals surface area contributed by atoms with Crippen LogP contribution in [0.5, 0.6) is 0 Å². The van der Waals surface area contributed by atoms with Gasteiger partial charge in [-0.05, 0) is 47.9 Å². The lowest BCUT2D eigenvalue weighted by Crippen LogP contribution is -2.48. The average molecular weight is 317 g/mol. The van der Waals surface area contributed by atoms with Gasteiger partial charge in [0, 0.05) is 30.0 Å². The van der Waals surface area contributed by atoms with Gasteiger partial charge in [0.1, 0.15) is 0 Å². The molecule has 1 aromatic rings. The topological polar surface area (TPSA) is 74.6 Å². The quantitative estimate of drug-likeness (QED) is 0.792. The molecular weight excluding hydrogens is 290 g/mol. The Bertz CT molecular complexity index is 574. The van der Waals surface area contributed by atoms with Crippen molar-refractivity contribution in [1.29, 1.82) is 0 Å². The lowest BCUT2D eigenvalue weighted by molar-refractivity contribution is 0.199. The summed E-state index contributed by atoms with van der Waals surface area (Å²) in [4.78, 5) is 2.16. The van der Waals surface area contributed by atoms with E-state index < -0.39 is 10.0 Å². The zero-order chi connectivity index (χ0) is 16.4. The number of aromatic nitrogens is 1. The molecule has 2 N–H and O–H groups in total. The molecule has 6 nitrogen and oxygen atoms in total. The van der Waals surface area contributed by atoms with Crippen molar-refractivity contribution in [3.8, 4) is 0 Å². The molecule has 0 aromatic carbocycles. The molecular formula is C14H27N3O3S. The van der Waals surface area contributed by atoms with E-state index >= 15 is 0 Å². The summed E-state index contributed by atoms with van der Waals surface area (Å²) in [6, 6.07) is 1.61. The van der Waals surface area contributed by atoms with Crippen molar-refractivity contribution in [3.05, 3.63) is 18.0 Å². The Hall–Kier alpha value is -0.890. The minimum Gasteiger partial charge on any atom is -0.390 e. The van der Waals surface area contributed by atoms with Crippen LogP contribution in [-0.2, 0) is 16.6 Å². The van der Waals surface area contributed by atoms with Crippen molar-refractivity contribution in [2.75, 3.05) is 20.6 Å². The molecule has 7 heteroatoms. The first-order valence-electron chi connectivity index (χ1n) is 7.00. The number of nitrogens with zero attached hydrogens (tertiary/aromatic N) is 2. The maximum absolute atomic E-state index is 12.4. The standard InChI is InChI=1S/C14H27N3O3S/c1-11(2)17-8-13(7-12(17)9-18)21(19,20)15-10-14(3,4)16(5)6/h7-8,11,15,18H,9-10H2,1-6H3. The summed E-state index contributed by atoms with van der Waals surface area (Å²) in [6.45, 7) is 7.94. The van der Waals surface area contributed by atoms with E-state index in [0.717, 1.165) is 0 Å². The van der Waals surface area contributed by atoms with E-state index in [4.69, 9.17) is 0 Å². The zero-order valence-corrected chi connectivity index (χ0v) is 14.5. The van der Waals surface area contributed by atoms with E-state index in [2.05, 4.69) is 4.72 Å². The van der Waals surface area contributed by atoms with Gasteiger partial charge in [-0.3, -0.25) is 0 Å². The molecule has 0 atom stereocenters. The number of rotatable bonds is 7. The molecule has 21 heavy (non-hydrogen) atoms. The van der Waals surface area contributed by atoms with Gasteiger partial charge in [-0.2, -0.15) is 0 Å². The second-order valence-electron chi connectivity index (χ2n) is 6.36. The van der Waals surface area contributed by atoms with Gasteiger partial charge in [-0.25, -0.2) is 13.1 Å². The van der Waals surface area contributed by atoms with Crippen LogP contribution in [0.15, 0.2) is 17.2 Å². The lowest BCUT2D eigenvalue weighted by atomic mass is 10.1. The zero-order valence-electron chi connectivity index (χ0n) is 13.7. The van der Waals surface area contributed by atoms with Gasteiger partial charge in [0.15, 0.2) is 0 Å². The van der Waals surface area contributed by atoms with Crippen molar-refractivity contribution < 1.29 is 13.5 Å². The highest BCUT2D eigenvalue weighted by atomic mass is 32.2. The van der Waals surface area contributed by atoms with Crippen LogP contribution in [0.25, 0.3) is 0 Å². The minimum atomic E-state index is -3.58. The van der Waals surface area contributed by atoms with Gasteiger partial charge in [-0.1, -0.05) is 0 Å². The first-order valence-corrected chi connectivity index (χ1v) is 8.48. The predicted octanol–water partition coefficient (Wildman–Crippen LogP) is 1.18. The van der Waals surface area contributed by atoms with Gasteiger partial charge in [-0.15, -0.1) is 0 Å². The summed E-state index contributed by atoms with van der Waals surface area (Å²) in [5.41, 5.74) is 0.310. The number of sulfonamides is 1. The Morgan fingerprint density at radius 3 is 2.33 bits per heavy atom. The maximum atomic E-state index is 12.4. The number of hydrogen-bond acceptors (Lipinski definition) is 4. The number of nitrogens with one attached hydrogen (secondary N) is 1. The molecule has 0 spiro atoms. The van der Waals surface area contributed by atoms with E-state index in [9.17, 15) is 13.5 Å². The second kappa shape index (κ2) is 6.48. The molecule has 0 aliphatic rings. The fraction of sp³-hybridized carbons (Fsp3) is 0.714. The third-order valence-electron chi connectivity index (χ3n) is 3.84. The van der Waals surface area contributed by atoms with Crippen LogP contribution in [0, 0.1) is 0 Å². The Balaban J connectivity index is 2.99. The van der Waals surface area contributed by atoms with Gasteiger partial charge >= 0.3 is 0 Å². The van der Waals surface area contributed by atoms with Crippen molar-refractivity contribution in [2.45, 2.75) is 50.8 Å². The smallest absolute Gasteiger partial charge is 0.242 e. The van der Waals surface area contributed by atoms with Gasteiger partial charge in [0.2, 0.25) is 10.0 Å². The first kappa shape index (κ1) is 18.2. The summed E-state index contributed by atoms with van der Waals surface area (Å²) in [6.07, 6.45) is 1.57. The van der Waals surface area contributed by atoms with Crippen LogP contribution in [0.2, 0.25) is 0 Å². The number of likely N-dealkylation sites (N-methyl/N-ethyl adjacent to an activating group) is 1. The molecule has 0 fully saturated rings. The predicted molar refractivity (Wildman–Crippen MR) is 83.7 cm³/mol. The molecule has 0 bridgehead atoms. The fourth-order valence-electron chi connectivity index (χ4n) is 1.76. The molecule has 1 heterocycles. The normalized spacial score (nSPS) is 13.4. The van der Waals surface area contributed by atoms with E-state index in [-0.39, 0.29) is 23.1 Å². The monoisotopic (exact) mass is 317 g/mol. The van der Waals surface area contributed by atoms with Gasteiger partial charge in [0.05, 0.1) is 11.5 Å². The van der Waals surface area contributed by atoms with E-state index in [1.807, 2.05) is 46.7 Å². The molecule has 0 unspecified atom stereocenters. The third kappa shape index (κ3) is 4.29. The lowest BCUT2D eigenvalue weighted by Gasteiger charge is -2.32. The molecule has 0 aliphatic heterocycles. The molecule has 0 radical (unpaired) electrons. The van der Waals surface area contributed by atoms with Gasteiger partial charge in [0.25, 0.3) is 0 Å². The highest BCUT2D eigenvalue weighted by Gasteiger charge is 2.25. The molecule has 0 saturated carbocycles. The molecule has 1 rings (SSSR count). The van der Waals surface area contributed by atoms with E-state index in [1.54, 1.807) is 10.8 Å². The summed E-state index contributed by atoms with van der Waals surface area (Å²) < 4.78 is 29.2. The van der Waals surface area contributed by atoms with Crippen LogP contribution >= 0.6 is 0 Å². The molecule has 0 amide bonds. The Labute approximate surface area is 127 Å². The Morgan fingerprint density at radius 1 is 1.38 bits per heavy atom.